The van der Waals surface area contributed by atoms with Gasteiger partial charge in [0.25, 0.3) is 5.56 Å². The molecule has 0 saturated heterocycles. The van der Waals surface area contributed by atoms with Crippen LogP contribution < -0.4 is 10.9 Å². The number of hydrogen-bond donors (Lipinski definition) is 1. The summed E-state index contributed by atoms with van der Waals surface area (Å²) in [7, 11) is 0. The van der Waals surface area contributed by atoms with E-state index in [2.05, 4.69) is 15.3 Å². The molecule has 0 fully saturated rings. The van der Waals surface area contributed by atoms with E-state index < -0.39 is 0 Å². The number of amides is 1. The number of nitrogens with one attached hydrogen (secondary N) is 1. The number of carbonyl (C=O) groups is 1. The van der Waals surface area contributed by atoms with Gasteiger partial charge in [0.15, 0.2) is 0 Å². The van der Waals surface area contributed by atoms with Crippen LogP contribution in [0.25, 0.3) is 10.2 Å². The smallest absolute Gasteiger partial charge is 0.256 e. The largest absolute Gasteiger partial charge is 0.324 e. The minimum atomic E-state index is -0.266. The molecule has 0 unspecified atom stereocenters. The van der Waals surface area contributed by atoms with Gasteiger partial charge in [-0.05, 0) is 39.0 Å². The van der Waals surface area contributed by atoms with Crippen LogP contribution in [0, 0.1) is 20.8 Å². The van der Waals surface area contributed by atoms with Gasteiger partial charge in [-0.25, -0.2) is 9.97 Å². The molecular weight excluding hydrogens is 312 g/mol. The van der Waals surface area contributed by atoms with Crippen molar-refractivity contribution >= 4 is 33.1 Å². The second-order valence-electron chi connectivity index (χ2n) is 5.35. The summed E-state index contributed by atoms with van der Waals surface area (Å²) in [5.41, 5.74) is 2.65. The van der Waals surface area contributed by atoms with Crippen LogP contribution in [0.1, 0.15) is 16.3 Å². The van der Waals surface area contributed by atoms with Crippen LogP contribution in [-0.2, 0) is 11.3 Å². The second-order valence-corrected chi connectivity index (χ2v) is 6.59. The first kappa shape index (κ1) is 15.4. The quantitative estimate of drug-likeness (QED) is 0.801. The zero-order valence-electron chi connectivity index (χ0n) is 13.1. The SMILES string of the molecule is Cc1nc2ccc(NC(=O)Cn3cnc(C)c(C)c3=O)cc2s1. The van der Waals surface area contributed by atoms with Gasteiger partial charge in [0, 0.05) is 16.9 Å². The summed E-state index contributed by atoms with van der Waals surface area (Å²) in [6.07, 6.45) is 1.40. The van der Waals surface area contributed by atoms with Crippen molar-refractivity contribution in [3.8, 4) is 0 Å². The summed E-state index contributed by atoms with van der Waals surface area (Å²) < 4.78 is 2.33. The van der Waals surface area contributed by atoms with Gasteiger partial charge in [-0.3, -0.25) is 14.2 Å². The molecule has 3 aromatic rings. The first-order chi connectivity index (χ1) is 10.9. The number of aryl methyl sites for hydroxylation is 2. The van der Waals surface area contributed by atoms with Crippen LogP contribution in [0.3, 0.4) is 0 Å². The molecule has 0 aliphatic carbocycles. The Balaban J connectivity index is 1.78. The zero-order valence-corrected chi connectivity index (χ0v) is 13.9. The van der Waals surface area contributed by atoms with Gasteiger partial charge < -0.3 is 5.32 Å². The van der Waals surface area contributed by atoms with Gasteiger partial charge in [0.2, 0.25) is 5.91 Å². The number of rotatable bonds is 3. The van der Waals surface area contributed by atoms with Crippen molar-refractivity contribution in [2.75, 3.05) is 5.32 Å². The van der Waals surface area contributed by atoms with Crippen LogP contribution in [0.5, 0.6) is 0 Å². The molecule has 118 valence electrons. The average Bonchev–Trinajstić information content (AvgIpc) is 2.87. The fraction of sp³-hybridized carbons (Fsp3) is 0.250. The van der Waals surface area contributed by atoms with Crippen LogP contribution in [-0.4, -0.2) is 20.4 Å². The van der Waals surface area contributed by atoms with Crippen molar-refractivity contribution < 1.29 is 4.79 Å². The lowest BCUT2D eigenvalue weighted by Crippen LogP contribution is -2.29. The molecule has 7 heteroatoms. The minimum absolute atomic E-state index is 0.0628. The molecule has 0 aliphatic heterocycles. The summed E-state index contributed by atoms with van der Waals surface area (Å²) >= 11 is 1.58. The third-order valence-corrected chi connectivity index (χ3v) is 4.54. The number of aromatic nitrogens is 3. The van der Waals surface area contributed by atoms with E-state index in [9.17, 15) is 9.59 Å². The molecule has 1 aromatic carbocycles. The van der Waals surface area contributed by atoms with E-state index >= 15 is 0 Å². The molecular formula is C16H16N4O2S. The molecule has 2 aromatic heterocycles. The van der Waals surface area contributed by atoms with Gasteiger partial charge in [-0.2, -0.15) is 0 Å². The summed E-state index contributed by atoms with van der Waals surface area (Å²) in [5, 5.41) is 3.79. The van der Waals surface area contributed by atoms with Crippen molar-refractivity contribution in [1.82, 2.24) is 14.5 Å². The molecule has 1 N–H and O–H groups in total. The van der Waals surface area contributed by atoms with E-state index in [0.29, 0.717) is 16.9 Å². The van der Waals surface area contributed by atoms with E-state index in [4.69, 9.17) is 0 Å². The van der Waals surface area contributed by atoms with Crippen molar-refractivity contribution in [2.24, 2.45) is 0 Å². The molecule has 1 amide bonds. The monoisotopic (exact) mass is 328 g/mol. The number of nitrogens with zero attached hydrogens (tertiary/aromatic N) is 3. The molecule has 6 nitrogen and oxygen atoms in total. The normalized spacial score (nSPS) is 10.9. The lowest BCUT2D eigenvalue weighted by Gasteiger charge is -2.08. The Morgan fingerprint density at radius 2 is 2.09 bits per heavy atom. The van der Waals surface area contributed by atoms with Crippen LogP contribution in [0.4, 0.5) is 5.69 Å². The Morgan fingerprint density at radius 1 is 1.30 bits per heavy atom. The number of carbonyl (C=O) groups excluding carboxylic acids is 1. The van der Waals surface area contributed by atoms with Gasteiger partial charge in [0.1, 0.15) is 6.54 Å². The second kappa shape index (κ2) is 5.92. The van der Waals surface area contributed by atoms with Crippen molar-refractivity contribution in [3.05, 3.63) is 51.1 Å². The van der Waals surface area contributed by atoms with E-state index in [0.717, 1.165) is 15.2 Å². The van der Waals surface area contributed by atoms with Crippen molar-refractivity contribution in [2.45, 2.75) is 27.3 Å². The third-order valence-electron chi connectivity index (χ3n) is 3.61. The van der Waals surface area contributed by atoms with E-state index in [1.165, 1.54) is 10.9 Å². The highest BCUT2D eigenvalue weighted by Crippen LogP contribution is 2.24. The maximum Gasteiger partial charge on any atom is 0.256 e. The Morgan fingerprint density at radius 3 is 2.87 bits per heavy atom. The van der Waals surface area contributed by atoms with Gasteiger partial charge in [-0.1, -0.05) is 0 Å². The number of hydrogen-bond acceptors (Lipinski definition) is 5. The average molecular weight is 328 g/mol. The molecule has 2 heterocycles. The highest BCUT2D eigenvalue weighted by Gasteiger charge is 2.09. The topological polar surface area (TPSA) is 76.9 Å². The molecule has 0 saturated carbocycles. The molecule has 0 spiro atoms. The highest BCUT2D eigenvalue weighted by atomic mass is 32.1. The van der Waals surface area contributed by atoms with Crippen LogP contribution >= 0.6 is 11.3 Å². The van der Waals surface area contributed by atoms with E-state index in [-0.39, 0.29) is 18.0 Å². The van der Waals surface area contributed by atoms with Gasteiger partial charge >= 0.3 is 0 Å². The predicted molar refractivity (Wildman–Crippen MR) is 91.0 cm³/mol. The van der Waals surface area contributed by atoms with E-state index in [1.807, 2.05) is 19.1 Å². The maximum absolute atomic E-state index is 12.2. The number of thiazole rings is 1. The molecule has 0 atom stereocenters. The fourth-order valence-electron chi connectivity index (χ4n) is 2.26. The molecule has 0 aliphatic rings. The number of anilines is 1. The lowest BCUT2D eigenvalue weighted by molar-refractivity contribution is -0.116. The molecule has 0 bridgehead atoms. The van der Waals surface area contributed by atoms with E-state index in [1.54, 1.807) is 31.3 Å². The summed E-state index contributed by atoms with van der Waals surface area (Å²) in [6.45, 7) is 5.36. The zero-order chi connectivity index (χ0) is 16.6. The predicted octanol–water partition coefficient (Wildman–Crippen LogP) is 2.42. The summed E-state index contributed by atoms with van der Waals surface area (Å²) in [6, 6.07) is 5.57. The van der Waals surface area contributed by atoms with Crippen LogP contribution in [0.2, 0.25) is 0 Å². The van der Waals surface area contributed by atoms with Crippen LogP contribution in [0.15, 0.2) is 29.3 Å². The third kappa shape index (κ3) is 3.14. The molecule has 0 radical (unpaired) electrons. The summed E-state index contributed by atoms with van der Waals surface area (Å²) in [5.74, 6) is -0.266. The Labute approximate surface area is 136 Å². The Hall–Kier alpha value is -2.54. The number of fused-ring (bicyclic) bond motifs is 1. The molecule has 3 rings (SSSR count). The van der Waals surface area contributed by atoms with Gasteiger partial charge in [-0.15, -0.1) is 11.3 Å². The standard InChI is InChI=1S/C16H16N4O2S/c1-9-10(2)17-8-20(16(9)22)7-15(21)19-12-4-5-13-14(6-12)23-11(3)18-13/h4-6,8H,7H2,1-3H3,(H,19,21). The van der Waals surface area contributed by atoms with Gasteiger partial charge in [0.05, 0.1) is 21.6 Å². The maximum atomic E-state index is 12.2. The lowest BCUT2D eigenvalue weighted by atomic mass is 10.2. The molecule has 23 heavy (non-hydrogen) atoms. The summed E-state index contributed by atoms with van der Waals surface area (Å²) in [4.78, 5) is 32.8. The van der Waals surface area contributed by atoms with Crippen molar-refractivity contribution in [1.29, 1.82) is 0 Å². The van der Waals surface area contributed by atoms with Crippen molar-refractivity contribution in [3.63, 3.8) is 0 Å². The first-order valence-corrected chi connectivity index (χ1v) is 7.95. The Kier molecular flexibility index (Phi) is 3.96. The minimum Gasteiger partial charge on any atom is -0.324 e. The first-order valence-electron chi connectivity index (χ1n) is 7.14. The highest BCUT2D eigenvalue weighted by molar-refractivity contribution is 7.18. The fourth-order valence-corrected chi connectivity index (χ4v) is 3.13. The number of benzene rings is 1. The Bertz CT molecular complexity index is 958.